The molecule has 31 heavy (non-hydrogen) atoms. The second-order valence-electron chi connectivity index (χ2n) is 7.22. The van der Waals surface area contributed by atoms with Crippen LogP contribution in [0.2, 0.25) is 10.3 Å². The van der Waals surface area contributed by atoms with Crippen LogP contribution in [0.5, 0.6) is 0 Å². The molecule has 2 heterocycles. The van der Waals surface area contributed by atoms with E-state index in [9.17, 15) is 14.4 Å². The van der Waals surface area contributed by atoms with Gasteiger partial charge in [-0.3, -0.25) is 14.5 Å². The Hall–Kier alpha value is -2.14. The van der Waals surface area contributed by atoms with Crippen molar-refractivity contribution in [3.05, 3.63) is 28.0 Å². The maximum atomic E-state index is 12.2. The summed E-state index contributed by atoms with van der Waals surface area (Å²) in [6.45, 7) is 2.51. The summed E-state index contributed by atoms with van der Waals surface area (Å²) in [5, 5.41) is 12.1. The molecule has 4 N–H and O–H groups in total. The van der Waals surface area contributed by atoms with Crippen LogP contribution in [-0.2, 0) is 20.9 Å². The largest absolute Gasteiger partial charge is 0.480 e. The van der Waals surface area contributed by atoms with Gasteiger partial charge in [-0.25, -0.2) is 9.78 Å². The number of esters is 1. The molecule has 1 aliphatic rings. The van der Waals surface area contributed by atoms with Crippen molar-refractivity contribution in [3.63, 3.8) is 0 Å². The van der Waals surface area contributed by atoms with Gasteiger partial charge in [0.15, 0.2) is 0 Å². The molecule has 1 saturated heterocycles. The van der Waals surface area contributed by atoms with Crippen LogP contribution >= 0.6 is 23.2 Å². The number of piperazine rings is 1. The van der Waals surface area contributed by atoms with Crippen molar-refractivity contribution >= 4 is 41.2 Å². The predicted molar refractivity (Wildman–Crippen MR) is 115 cm³/mol. The van der Waals surface area contributed by atoms with E-state index >= 15 is 0 Å². The SMILES string of the molecule is N[C@@H](CCCCNC(=O)N1CCN(CC(=O)O)CC1)C(=O)OCc1cc(Cl)nc(Cl)c1. The molecule has 172 valence electrons. The van der Waals surface area contributed by atoms with Crippen LogP contribution in [-0.4, -0.2) is 83.2 Å². The van der Waals surface area contributed by atoms with Crippen molar-refractivity contribution in [2.75, 3.05) is 39.3 Å². The first-order chi connectivity index (χ1) is 14.7. The summed E-state index contributed by atoms with van der Waals surface area (Å²) in [4.78, 5) is 42.2. The van der Waals surface area contributed by atoms with E-state index in [0.29, 0.717) is 57.5 Å². The number of halogens is 2. The number of pyridine rings is 1. The minimum absolute atomic E-state index is 0.00424. The first-order valence-electron chi connectivity index (χ1n) is 9.95. The van der Waals surface area contributed by atoms with Crippen LogP contribution in [0, 0.1) is 0 Å². The lowest BCUT2D eigenvalue weighted by atomic mass is 10.1. The average molecular weight is 476 g/mol. The fourth-order valence-corrected chi connectivity index (χ4v) is 3.58. The summed E-state index contributed by atoms with van der Waals surface area (Å²) in [6, 6.07) is 2.18. The third-order valence-electron chi connectivity index (χ3n) is 4.74. The molecule has 1 aliphatic heterocycles. The fraction of sp³-hybridized carbons (Fsp3) is 0.579. The van der Waals surface area contributed by atoms with E-state index in [1.54, 1.807) is 21.9 Å². The lowest BCUT2D eigenvalue weighted by Gasteiger charge is -2.33. The lowest BCUT2D eigenvalue weighted by Crippen LogP contribution is -2.52. The number of carboxylic acid groups (broad SMARTS) is 1. The minimum atomic E-state index is -0.869. The molecule has 1 fully saturated rings. The highest BCUT2D eigenvalue weighted by atomic mass is 35.5. The van der Waals surface area contributed by atoms with Gasteiger partial charge in [0.2, 0.25) is 0 Å². The average Bonchev–Trinajstić information content (AvgIpc) is 2.70. The second-order valence-corrected chi connectivity index (χ2v) is 7.99. The number of nitrogens with one attached hydrogen (secondary N) is 1. The maximum Gasteiger partial charge on any atom is 0.323 e. The van der Waals surface area contributed by atoms with Crippen molar-refractivity contribution in [1.29, 1.82) is 0 Å². The van der Waals surface area contributed by atoms with Gasteiger partial charge in [0.25, 0.3) is 0 Å². The lowest BCUT2D eigenvalue weighted by molar-refractivity contribution is -0.146. The number of urea groups is 1. The Morgan fingerprint density at radius 3 is 2.42 bits per heavy atom. The highest BCUT2D eigenvalue weighted by Gasteiger charge is 2.22. The second kappa shape index (κ2) is 12.7. The fourth-order valence-electron chi connectivity index (χ4n) is 3.07. The number of carboxylic acids is 1. The quantitative estimate of drug-likeness (QED) is 0.261. The Morgan fingerprint density at radius 2 is 1.81 bits per heavy atom. The van der Waals surface area contributed by atoms with E-state index < -0.39 is 18.0 Å². The molecule has 0 bridgehead atoms. The molecule has 0 unspecified atom stereocenters. The van der Waals surface area contributed by atoms with Gasteiger partial charge in [-0.1, -0.05) is 23.2 Å². The molecule has 1 atom stereocenters. The van der Waals surface area contributed by atoms with E-state index in [1.807, 2.05) is 0 Å². The van der Waals surface area contributed by atoms with E-state index in [0.717, 1.165) is 0 Å². The number of hydrogen-bond donors (Lipinski definition) is 3. The van der Waals surface area contributed by atoms with Crippen molar-refractivity contribution in [3.8, 4) is 0 Å². The van der Waals surface area contributed by atoms with Crippen LogP contribution in [0.15, 0.2) is 12.1 Å². The molecule has 0 aromatic carbocycles. The number of hydrogen-bond acceptors (Lipinski definition) is 7. The van der Waals surface area contributed by atoms with E-state index in [-0.39, 0.29) is 29.5 Å². The normalized spacial score (nSPS) is 15.4. The van der Waals surface area contributed by atoms with Crippen molar-refractivity contribution in [2.45, 2.75) is 31.9 Å². The first-order valence-corrected chi connectivity index (χ1v) is 10.7. The monoisotopic (exact) mass is 475 g/mol. The third kappa shape index (κ3) is 9.26. The van der Waals surface area contributed by atoms with Crippen molar-refractivity contribution < 1.29 is 24.2 Å². The molecule has 1 aromatic heterocycles. The summed E-state index contributed by atoms with van der Waals surface area (Å²) in [6.07, 6.45) is 1.75. The summed E-state index contributed by atoms with van der Waals surface area (Å²) >= 11 is 11.6. The van der Waals surface area contributed by atoms with Crippen LogP contribution < -0.4 is 11.1 Å². The molecule has 12 heteroatoms. The van der Waals surface area contributed by atoms with E-state index in [4.69, 9.17) is 38.8 Å². The molecule has 10 nitrogen and oxygen atoms in total. The number of nitrogens with two attached hydrogens (primary N) is 1. The summed E-state index contributed by atoms with van der Waals surface area (Å²) in [5.74, 6) is -1.39. The molecule has 2 amide bonds. The van der Waals surface area contributed by atoms with Gasteiger partial charge in [-0.15, -0.1) is 0 Å². The number of ether oxygens (including phenoxy) is 1. The number of carbonyl (C=O) groups is 3. The van der Waals surface area contributed by atoms with Crippen LogP contribution in [0.1, 0.15) is 24.8 Å². The van der Waals surface area contributed by atoms with Gasteiger partial charge < -0.3 is 25.8 Å². The van der Waals surface area contributed by atoms with Gasteiger partial charge >= 0.3 is 18.0 Å². The number of rotatable bonds is 10. The predicted octanol–water partition coefficient (Wildman–Crippen LogP) is 1.34. The zero-order chi connectivity index (χ0) is 22.8. The smallest absolute Gasteiger partial charge is 0.323 e. The summed E-state index contributed by atoms with van der Waals surface area (Å²) in [5.41, 5.74) is 6.49. The number of aromatic nitrogens is 1. The topological polar surface area (TPSA) is 138 Å². The molecule has 1 aromatic rings. The van der Waals surface area contributed by atoms with Gasteiger partial charge in [-0.2, -0.15) is 0 Å². The first kappa shape index (κ1) is 25.1. The van der Waals surface area contributed by atoms with Gasteiger partial charge in [0.1, 0.15) is 23.0 Å². The van der Waals surface area contributed by atoms with E-state index in [2.05, 4.69) is 10.3 Å². The summed E-state index contributed by atoms with van der Waals surface area (Å²) in [7, 11) is 0. The number of unbranched alkanes of at least 4 members (excludes halogenated alkanes) is 1. The molecule has 0 saturated carbocycles. The standard InChI is InChI=1S/C19H27Cl2N5O5/c20-15-9-13(10-16(21)24-15)12-31-18(29)14(22)3-1-2-4-23-19(30)26-7-5-25(6-8-26)11-17(27)28/h9-10,14H,1-8,11-12,22H2,(H,23,30)(H,27,28)/t14-/m0/s1. The van der Waals surface area contributed by atoms with Crippen LogP contribution in [0.4, 0.5) is 4.79 Å². The zero-order valence-electron chi connectivity index (χ0n) is 17.1. The Bertz CT molecular complexity index is 754. The van der Waals surface area contributed by atoms with E-state index in [1.165, 1.54) is 0 Å². The number of nitrogens with zero attached hydrogens (tertiary/aromatic N) is 3. The number of amides is 2. The van der Waals surface area contributed by atoms with Crippen molar-refractivity contribution in [2.24, 2.45) is 5.73 Å². The number of carbonyl (C=O) groups excluding carboxylic acids is 2. The highest BCUT2D eigenvalue weighted by molar-refractivity contribution is 6.32. The number of aliphatic carboxylic acids is 1. The molecule has 0 radical (unpaired) electrons. The Morgan fingerprint density at radius 1 is 1.16 bits per heavy atom. The molecule has 2 rings (SSSR count). The molecule has 0 aliphatic carbocycles. The molecular weight excluding hydrogens is 449 g/mol. The maximum absolute atomic E-state index is 12.2. The van der Waals surface area contributed by atoms with Gasteiger partial charge in [0, 0.05) is 32.7 Å². The van der Waals surface area contributed by atoms with Gasteiger partial charge in [-0.05, 0) is 37.0 Å². The Labute approximate surface area is 190 Å². The zero-order valence-corrected chi connectivity index (χ0v) is 18.6. The molecular formula is C19H27Cl2N5O5. The van der Waals surface area contributed by atoms with Gasteiger partial charge in [0.05, 0.1) is 6.54 Å². The van der Waals surface area contributed by atoms with Crippen LogP contribution in [0.3, 0.4) is 0 Å². The third-order valence-corrected chi connectivity index (χ3v) is 5.13. The van der Waals surface area contributed by atoms with Crippen LogP contribution in [0.25, 0.3) is 0 Å². The van der Waals surface area contributed by atoms with Crippen molar-refractivity contribution in [1.82, 2.24) is 20.1 Å². The Kier molecular flexibility index (Phi) is 10.3. The minimum Gasteiger partial charge on any atom is -0.480 e. The summed E-state index contributed by atoms with van der Waals surface area (Å²) < 4.78 is 5.18. The molecule has 0 spiro atoms. The highest BCUT2D eigenvalue weighted by Crippen LogP contribution is 2.15. The Balaban J connectivity index is 1.57.